The number of aryl methyl sites for hydroxylation is 1. The molecule has 0 amide bonds. The molecule has 3 heterocycles. The van der Waals surface area contributed by atoms with Crippen LogP contribution in [0.25, 0.3) is 28.2 Å². The molecule has 0 unspecified atom stereocenters. The van der Waals surface area contributed by atoms with Gasteiger partial charge >= 0.3 is 0 Å². The van der Waals surface area contributed by atoms with Crippen LogP contribution in [0.3, 0.4) is 0 Å². The molecule has 156 valence electrons. The zero-order chi connectivity index (χ0) is 21.9. The second-order valence-corrected chi connectivity index (χ2v) is 7.24. The molecule has 32 heavy (non-hydrogen) atoms. The van der Waals surface area contributed by atoms with Gasteiger partial charge in [0.25, 0.3) is 0 Å². The van der Waals surface area contributed by atoms with Crippen molar-refractivity contribution in [3.63, 3.8) is 0 Å². The standard InChI is InChI=1S/C23H19N9/c1-2-17-11-21(32-22(26-17)12-18(13-24)29-32)25-14-15-7-9-16(10-8-15)19-5-3-4-6-20(19)23-27-30-31-28-23/h3-12,25H,2,14H2,1H3,(H,27,28,30,31). The number of hydrogen-bond acceptors (Lipinski definition) is 7. The first kappa shape index (κ1) is 19.4. The molecular formula is C23H19N9. The summed E-state index contributed by atoms with van der Waals surface area (Å²) in [6.45, 7) is 2.66. The van der Waals surface area contributed by atoms with Crippen molar-refractivity contribution in [3.8, 4) is 28.6 Å². The number of fused-ring (bicyclic) bond motifs is 1. The number of aromatic amines is 1. The number of benzene rings is 2. The average Bonchev–Trinajstić information content (AvgIpc) is 3.53. The second-order valence-electron chi connectivity index (χ2n) is 7.24. The Bertz CT molecular complexity index is 1410. The van der Waals surface area contributed by atoms with E-state index in [-0.39, 0.29) is 0 Å². The smallest absolute Gasteiger partial charge is 0.180 e. The van der Waals surface area contributed by atoms with Crippen LogP contribution in [0, 0.1) is 11.3 Å². The summed E-state index contributed by atoms with van der Waals surface area (Å²) in [6.07, 6.45) is 0.799. The Morgan fingerprint density at radius 1 is 1.06 bits per heavy atom. The van der Waals surface area contributed by atoms with Crippen LogP contribution in [0.15, 0.2) is 60.7 Å². The summed E-state index contributed by atoms with van der Waals surface area (Å²) in [5, 5.41) is 31.2. The molecule has 0 radical (unpaired) electrons. The summed E-state index contributed by atoms with van der Waals surface area (Å²) in [6, 6.07) is 22.1. The minimum Gasteiger partial charge on any atom is -0.366 e. The normalized spacial score (nSPS) is 10.9. The molecule has 0 aliphatic heterocycles. The first-order chi connectivity index (χ1) is 15.7. The van der Waals surface area contributed by atoms with E-state index in [0.29, 0.717) is 23.7 Å². The van der Waals surface area contributed by atoms with Crippen LogP contribution in [0.4, 0.5) is 5.82 Å². The summed E-state index contributed by atoms with van der Waals surface area (Å²) in [7, 11) is 0. The van der Waals surface area contributed by atoms with E-state index in [2.05, 4.69) is 79.3 Å². The van der Waals surface area contributed by atoms with E-state index in [1.54, 1.807) is 10.6 Å². The molecule has 0 saturated carbocycles. The highest BCUT2D eigenvalue weighted by Gasteiger charge is 2.11. The fraction of sp³-hybridized carbons (Fsp3) is 0.130. The molecular weight excluding hydrogens is 402 g/mol. The minimum atomic E-state index is 0.346. The second kappa shape index (κ2) is 8.28. The lowest BCUT2D eigenvalue weighted by atomic mass is 9.98. The maximum atomic E-state index is 9.18. The predicted molar refractivity (Wildman–Crippen MR) is 119 cm³/mol. The predicted octanol–water partition coefficient (Wildman–Crippen LogP) is 3.62. The van der Waals surface area contributed by atoms with E-state index in [1.165, 1.54) is 0 Å². The fourth-order valence-corrected chi connectivity index (χ4v) is 3.60. The fourth-order valence-electron chi connectivity index (χ4n) is 3.60. The van der Waals surface area contributed by atoms with Gasteiger partial charge in [-0.1, -0.05) is 55.5 Å². The van der Waals surface area contributed by atoms with Crippen molar-refractivity contribution in [2.24, 2.45) is 0 Å². The third kappa shape index (κ3) is 3.65. The topological polar surface area (TPSA) is 120 Å². The Morgan fingerprint density at radius 3 is 2.59 bits per heavy atom. The van der Waals surface area contributed by atoms with Gasteiger partial charge in [-0.25, -0.2) is 10.1 Å². The summed E-state index contributed by atoms with van der Waals surface area (Å²) >= 11 is 0. The molecule has 9 heteroatoms. The van der Waals surface area contributed by atoms with Gasteiger partial charge in [0.2, 0.25) is 0 Å². The highest BCUT2D eigenvalue weighted by atomic mass is 15.5. The maximum Gasteiger partial charge on any atom is 0.180 e. The van der Waals surface area contributed by atoms with Gasteiger partial charge in [-0.15, -0.1) is 5.10 Å². The highest BCUT2D eigenvalue weighted by Crippen LogP contribution is 2.29. The van der Waals surface area contributed by atoms with Gasteiger partial charge in [0.1, 0.15) is 11.9 Å². The van der Waals surface area contributed by atoms with Gasteiger partial charge in [-0.3, -0.25) is 0 Å². The Morgan fingerprint density at radius 2 is 1.88 bits per heavy atom. The van der Waals surface area contributed by atoms with Crippen molar-refractivity contribution in [2.75, 3.05) is 5.32 Å². The van der Waals surface area contributed by atoms with E-state index >= 15 is 0 Å². The van der Waals surface area contributed by atoms with E-state index in [1.807, 2.05) is 24.3 Å². The Labute approximate surface area is 183 Å². The molecule has 0 aliphatic carbocycles. The lowest BCUT2D eigenvalue weighted by molar-refractivity contribution is 0.881. The van der Waals surface area contributed by atoms with Gasteiger partial charge in [-0.05, 0) is 33.5 Å². The zero-order valence-electron chi connectivity index (χ0n) is 17.3. The number of nitriles is 1. The van der Waals surface area contributed by atoms with Gasteiger partial charge in [0, 0.05) is 29.9 Å². The van der Waals surface area contributed by atoms with E-state index in [9.17, 15) is 5.26 Å². The number of nitrogens with zero attached hydrogens (tertiary/aromatic N) is 7. The van der Waals surface area contributed by atoms with E-state index in [0.717, 1.165) is 40.2 Å². The van der Waals surface area contributed by atoms with E-state index < -0.39 is 0 Å². The number of rotatable bonds is 6. The lowest BCUT2D eigenvalue weighted by Gasteiger charge is -2.11. The Hall–Kier alpha value is -4.58. The molecule has 3 aromatic heterocycles. The van der Waals surface area contributed by atoms with Crippen molar-refractivity contribution in [3.05, 3.63) is 77.6 Å². The van der Waals surface area contributed by atoms with Crippen molar-refractivity contribution >= 4 is 11.5 Å². The quantitative estimate of drug-likeness (QED) is 0.429. The van der Waals surface area contributed by atoms with Crippen LogP contribution in [0.2, 0.25) is 0 Å². The summed E-state index contributed by atoms with van der Waals surface area (Å²) < 4.78 is 1.67. The van der Waals surface area contributed by atoms with Gasteiger partial charge in [-0.2, -0.15) is 14.9 Å². The third-order valence-corrected chi connectivity index (χ3v) is 5.22. The number of nitrogens with one attached hydrogen (secondary N) is 2. The first-order valence-corrected chi connectivity index (χ1v) is 10.2. The van der Waals surface area contributed by atoms with Crippen LogP contribution in [0.5, 0.6) is 0 Å². The lowest BCUT2D eigenvalue weighted by Crippen LogP contribution is -2.07. The summed E-state index contributed by atoms with van der Waals surface area (Å²) in [4.78, 5) is 4.55. The molecule has 2 N–H and O–H groups in total. The molecule has 0 saturated heterocycles. The Kier molecular flexibility index (Phi) is 5.01. The number of tetrazole rings is 1. The summed E-state index contributed by atoms with van der Waals surface area (Å²) in [5.41, 5.74) is 6.14. The van der Waals surface area contributed by atoms with Gasteiger partial charge < -0.3 is 5.32 Å². The van der Waals surface area contributed by atoms with Crippen molar-refractivity contribution < 1.29 is 0 Å². The average molecular weight is 421 g/mol. The minimum absolute atomic E-state index is 0.346. The zero-order valence-corrected chi connectivity index (χ0v) is 17.3. The molecule has 9 nitrogen and oxygen atoms in total. The van der Waals surface area contributed by atoms with Crippen molar-refractivity contribution in [1.29, 1.82) is 5.26 Å². The number of hydrogen-bond donors (Lipinski definition) is 2. The number of H-pyrrole nitrogens is 1. The molecule has 5 rings (SSSR count). The molecule has 0 atom stereocenters. The largest absolute Gasteiger partial charge is 0.366 e. The number of anilines is 1. The van der Waals surface area contributed by atoms with Crippen LogP contribution in [0.1, 0.15) is 23.9 Å². The molecule has 0 spiro atoms. The van der Waals surface area contributed by atoms with Gasteiger partial charge in [0.15, 0.2) is 17.2 Å². The highest BCUT2D eigenvalue weighted by molar-refractivity contribution is 5.80. The number of aromatic nitrogens is 7. The maximum absolute atomic E-state index is 9.18. The monoisotopic (exact) mass is 421 g/mol. The SMILES string of the molecule is CCc1cc(NCc2ccc(-c3ccccc3-c3nnn[nH]3)cc2)n2nc(C#N)cc2n1. The first-order valence-electron chi connectivity index (χ1n) is 10.2. The summed E-state index contributed by atoms with van der Waals surface area (Å²) in [5.74, 6) is 1.44. The van der Waals surface area contributed by atoms with Crippen LogP contribution < -0.4 is 5.32 Å². The Balaban J connectivity index is 1.39. The van der Waals surface area contributed by atoms with Gasteiger partial charge in [0.05, 0.1) is 0 Å². The molecule has 0 aliphatic rings. The van der Waals surface area contributed by atoms with Crippen molar-refractivity contribution in [2.45, 2.75) is 19.9 Å². The van der Waals surface area contributed by atoms with E-state index in [4.69, 9.17) is 0 Å². The van der Waals surface area contributed by atoms with Crippen LogP contribution in [-0.2, 0) is 13.0 Å². The van der Waals surface area contributed by atoms with Crippen LogP contribution in [-0.4, -0.2) is 35.2 Å². The molecule has 2 aromatic carbocycles. The van der Waals surface area contributed by atoms with Crippen molar-refractivity contribution in [1.82, 2.24) is 35.2 Å². The molecule has 0 fully saturated rings. The van der Waals surface area contributed by atoms with Crippen LogP contribution >= 0.6 is 0 Å². The third-order valence-electron chi connectivity index (χ3n) is 5.22. The molecule has 5 aromatic rings. The molecule has 0 bridgehead atoms.